The highest BCUT2D eigenvalue weighted by atomic mass is 35.5. The Labute approximate surface area is 168 Å². The van der Waals surface area contributed by atoms with E-state index < -0.39 is 18.0 Å². The minimum Gasteiger partial charge on any atom is -0.449 e. The second-order valence-electron chi connectivity index (χ2n) is 6.78. The van der Waals surface area contributed by atoms with Gasteiger partial charge in [-0.25, -0.2) is 4.79 Å². The van der Waals surface area contributed by atoms with Gasteiger partial charge < -0.3 is 10.1 Å². The van der Waals surface area contributed by atoms with Gasteiger partial charge in [-0.05, 0) is 44.4 Å². The molecule has 0 fully saturated rings. The van der Waals surface area contributed by atoms with E-state index in [1.54, 1.807) is 36.7 Å². The van der Waals surface area contributed by atoms with E-state index in [0.717, 1.165) is 5.56 Å². The number of anilines is 1. The molecule has 146 valence electrons. The number of amides is 1. The molecule has 0 saturated carbocycles. The zero-order chi connectivity index (χ0) is 20.3. The highest BCUT2D eigenvalue weighted by Gasteiger charge is 2.26. The van der Waals surface area contributed by atoms with E-state index in [1.807, 2.05) is 13.8 Å². The van der Waals surface area contributed by atoms with Crippen molar-refractivity contribution in [3.05, 3.63) is 45.2 Å². The van der Waals surface area contributed by atoms with Crippen LogP contribution in [0.4, 0.5) is 5.69 Å². The quantitative estimate of drug-likeness (QED) is 0.702. The maximum absolute atomic E-state index is 12.5. The third-order valence-electron chi connectivity index (χ3n) is 3.99. The fraction of sp³-hybridized carbons (Fsp3) is 0.421. The standard InChI is InChI=1S/C19H23Cl2N3O3/c1-10(2)9-24-17(21)16(12(4)23-24)19(26)27-13(5)18(25)22-15-8-6-7-14(20)11(15)3/h6-8,10,13H,9H2,1-5H3,(H,22,25)/t13-/m1/s1. The van der Waals surface area contributed by atoms with Crippen molar-refractivity contribution in [3.8, 4) is 0 Å². The number of halogens is 2. The van der Waals surface area contributed by atoms with Crippen LogP contribution in [0.15, 0.2) is 18.2 Å². The molecular weight excluding hydrogens is 389 g/mol. The smallest absolute Gasteiger partial charge is 0.343 e. The van der Waals surface area contributed by atoms with Gasteiger partial charge in [0.25, 0.3) is 5.91 Å². The lowest BCUT2D eigenvalue weighted by Crippen LogP contribution is -2.30. The summed E-state index contributed by atoms with van der Waals surface area (Å²) in [6.45, 7) is 9.59. The lowest BCUT2D eigenvalue weighted by atomic mass is 10.2. The Balaban J connectivity index is 2.10. The molecule has 8 heteroatoms. The Morgan fingerprint density at radius 2 is 1.89 bits per heavy atom. The maximum atomic E-state index is 12.5. The van der Waals surface area contributed by atoms with Gasteiger partial charge in [-0.3, -0.25) is 9.48 Å². The van der Waals surface area contributed by atoms with Gasteiger partial charge in [-0.1, -0.05) is 43.1 Å². The second kappa shape index (κ2) is 8.76. The number of carbonyl (C=O) groups excluding carboxylic acids is 2. The van der Waals surface area contributed by atoms with Crippen molar-refractivity contribution < 1.29 is 14.3 Å². The van der Waals surface area contributed by atoms with Crippen LogP contribution in [0.5, 0.6) is 0 Å². The molecule has 1 aromatic heterocycles. The number of hydrogen-bond donors (Lipinski definition) is 1. The minimum absolute atomic E-state index is 0.177. The zero-order valence-corrected chi connectivity index (χ0v) is 17.5. The number of nitrogens with zero attached hydrogens (tertiary/aromatic N) is 2. The van der Waals surface area contributed by atoms with Crippen molar-refractivity contribution in [2.75, 3.05) is 5.32 Å². The highest BCUT2D eigenvalue weighted by Crippen LogP contribution is 2.24. The first-order chi connectivity index (χ1) is 12.6. The number of aromatic nitrogens is 2. The molecule has 1 amide bonds. The maximum Gasteiger partial charge on any atom is 0.343 e. The molecule has 1 atom stereocenters. The molecule has 2 aromatic rings. The molecule has 1 aromatic carbocycles. The largest absolute Gasteiger partial charge is 0.449 e. The van der Waals surface area contributed by atoms with E-state index in [0.29, 0.717) is 28.9 Å². The predicted octanol–water partition coefficient (Wildman–Crippen LogP) is 4.65. The average Bonchev–Trinajstić information content (AvgIpc) is 2.84. The molecule has 1 N–H and O–H groups in total. The Bertz CT molecular complexity index is 862. The van der Waals surface area contributed by atoms with Crippen molar-refractivity contribution in [2.24, 2.45) is 5.92 Å². The summed E-state index contributed by atoms with van der Waals surface area (Å²) in [6.07, 6.45) is -1.01. The summed E-state index contributed by atoms with van der Waals surface area (Å²) in [5.41, 5.74) is 1.94. The highest BCUT2D eigenvalue weighted by molar-refractivity contribution is 6.33. The Hall–Kier alpha value is -2.05. The first-order valence-corrected chi connectivity index (χ1v) is 9.37. The van der Waals surface area contributed by atoms with Crippen molar-refractivity contribution in [2.45, 2.75) is 47.3 Å². The first kappa shape index (κ1) is 21.3. The second-order valence-corrected chi connectivity index (χ2v) is 7.54. The fourth-order valence-corrected chi connectivity index (χ4v) is 3.00. The van der Waals surface area contributed by atoms with E-state index in [-0.39, 0.29) is 10.7 Å². The molecule has 0 unspecified atom stereocenters. The summed E-state index contributed by atoms with van der Waals surface area (Å²) in [7, 11) is 0. The van der Waals surface area contributed by atoms with Crippen molar-refractivity contribution in [3.63, 3.8) is 0 Å². The van der Waals surface area contributed by atoms with E-state index in [9.17, 15) is 9.59 Å². The molecule has 0 aliphatic rings. The summed E-state index contributed by atoms with van der Waals surface area (Å²) in [6, 6.07) is 5.19. The molecule has 0 spiro atoms. The van der Waals surface area contributed by atoms with Crippen LogP contribution in [-0.4, -0.2) is 27.8 Å². The van der Waals surface area contributed by atoms with Crippen molar-refractivity contribution in [1.29, 1.82) is 0 Å². The van der Waals surface area contributed by atoms with Gasteiger partial charge in [0.1, 0.15) is 10.7 Å². The fourth-order valence-electron chi connectivity index (χ4n) is 2.50. The molecular formula is C19H23Cl2N3O3. The van der Waals surface area contributed by atoms with Gasteiger partial charge in [0.2, 0.25) is 0 Å². The van der Waals surface area contributed by atoms with Crippen LogP contribution in [0, 0.1) is 19.8 Å². The molecule has 0 saturated heterocycles. The van der Waals surface area contributed by atoms with Gasteiger partial charge in [-0.15, -0.1) is 0 Å². The van der Waals surface area contributed by atoms with Crippen LogP contribution in [0.2, 0.25) is 10.2 Å². The van der Waals surface area contributed by atoms with Gasteiger partial charge in [0, 0.05) is 17.3 Å². The summed E-state index contributed by atoms with van der Waals surface area (Å²) < 4.78 is 6.87. The number of rotatable bonds is 6. The van der Waals surface area contributed by atoms with Crippen molar-refractivity contribution >= 4 is 40.8 Å². The third-order valence-corrected chi connectivity index (χ3v) is 4.78. The van der Waals surface area contributed by atoms with Crippen LogP contribution in [0.1, 0.15) is 42.4 Å². The molecule has 1 heterocycles. The molecule has 27 heavy (non-hydrogen) atoms. The van der Waals surface area contributed by atoms with Gasteiger partial charge in [0.05, 0.1) is 5.69 Å². The van der Waals surface area contributed by atoms with Gasteiger partial charge in [0.15, 0.2) is 6.10 Å². The van der Waals surface area contributed by atoms with Crippen molar-refractivity contribution in [1.82, 2.24) is 9.78 Å². The molecule has 0 aliphatic carbocycles. The molecule has 0 aliphatic heterocycles. The van der Waals surface area contributed by atoms with Crippen LogP contribution < -0.4 is 5.32 Å². The topological polar surface area (TPSA) is 73.2 Å². The monoisotopic (exact) mass is 411 g/mol. The number of nitrogens with one attached hydrogen (secondary N) is 1. The molecule has 0 bridgehead atoms. The number of esters is 1. The predicted molar refractivity (Wildman–Crippen MR) is 107 cm³/mol. The lowest BCUT2D eigenvalue weighted by molar-refractivity contribution is -0.123. The van der Waals surface area contributed by atoms with Crippen LogP contribution >= 0.6 is 23.2 Å². The Kier molecular flexibility index (Phi) is 6.89. The van der Waals surface area contributed by atoms with Crippen LogP contribution in [0.25, 0.3) is 0 Å². The summed E-state index contributed by atoms with van der Waals surface area (Å²) in [4.78, 5) is 24.9. The van der Waals surface area contributed by atoms with E-state index in [4.69, 9.17) is 27.9 Å². The summed E-state index contributed by atoms with van der Waals surface area (Å²) >= 11 is 12.3. The minimum atomic E-state index is -1.01. The number of ether oxygens (including phenoxy) is 1. The normalized spacial score (nSPS) is 12.1. The summed E-state index contributed by atoms with van der Waals surface area (Å²) in [5.74, 6) is -0.827. The third kappa shape index (κ3) is 5.02. The van der Waals surface area contributed by atoms with Gasteiger partial charge in [-0.2, -0.15) is 5.10 Å². The Morgan fingerprint density at radius 3 is 2.52 bits per heavy atom. The SMILES string of the molecule is Cc1nn(CC(C)C)c(Cl)c1C(=O)O[C@H](C)C(=O)Nc1cccc(Cl)c1C. The lowest BCUT2D eigenvalue weighted by Gasteiger charge is -2.15. The summed E-state index contributed by atoms with van der Waals surface area (Å²) in [5, 5.41) is 7.75. The van der Waals surface area contributed by atoms with Crippen LogP contribution in [0.3, 0.4) is 0 Å². The Morgan fingerprint density at radius 1 is 1.22 bits per heavy atom. The van der Waals surface area contributed by atoms with E-state index >= 15 is 0 Å². The molecule has 0 radical (unpaired) electrons. The first-order valence-electron chi connectivity index (χ1n) is 8.61. The zero-order valence-electron chi connectivity index (χ0n) is 16.0. The van der Waals surface area contributed by atoms with E-state index in [1.165, 1.54) is 6.92 Å². The average molecular weight is 412 g/mol. The number of carbonyl (C=O) groups is 2. The van der Waals surface area contributed by atoms with Gasteiger partial charge >= 0.3 is 5.97 Å². The molecule has 6 nitrogen and oxygen atoms in total. The number of hydrogen-bond acceptors (Lipinski definition) is 4. The van der Waals surface area contributed by atoms with E-state index in [2.05, 4.69) is 10.4 Å². The van der Waals surface area contributed by atoms with Crippen LogP contribution in [-0.2, 0) is 16.1 Å². The molecule has 2 rings (SSSR count). The number of aryl methyl sites for hydroxylation is 1. The number of benzene rings is 1.